The Balaban J connectivity index is 2.04. The lowest BCUT2D eigenvalue weighted by molar-refractivity contribution is 0.432. The third-order valence-corrected chi connectivity index (χ3v) is 3.32. The van der Waals surface area contributed by atoms with Crippen LogP contribution < -0.4 is 0 Å². The fourth-order valence-electron chi connectivity index (χ4n) is 1.57. The van der Waals surface area contributed by atoms with Gasteiger partial charge in [-0.3, -0.25) is 4.98 Å². The molecule has 0 bridgehead atoms. The molecule has 0 unspecified atom stereocenters. The lowest BCUT2D eigenvalue weighted by Gasteiger charge is -1.99. The van der Waals surface area contributed by atoms with Gasteiger partial charge in [-0.05, 0) is 18.6 Å². The maximum Gasteiger partial charge on any atom is 0.195 e. The van der Waals surface area contributed by atoms with Crippen molar-refractivity contribution in [2.45, 2.75) is 6.92 Å². The summed E-state index contributed by atoms with van der Waals surface area (Å²) < 4.78 is 5.08. The lowest BCUT2D eigenvalue weighted by atomic mass is 10.1. The van der Waals surface area contributed by atoms with Gasteiger partial charge in [-0.1, -0.05) is 5.16 Å². The van der Waals surface area contributed by atoms with Crippen molar-refractivity contribution in [1.29, 1.82) is 0 Å². The highest BCUT2D eigenvalue weighted by Gasteiger charge is 2.10. The second-order valence-electron chi connectivity index (χ2n) is 3.61. The predicted molar refractivity (Wildman–Crippen MR) is 65.6 cm³/mol. The van der Waals surface area contributed by atoms with Gasteiger partial charge in [-0.25, -0.2) is 4.98 Å². The standard InChI is InChI=1S/C12H9N3OS/c1-8-2-4-13-6-9(8)10-7-17-12(15-10)11-3-5-14-16-11/h2-7H,1H3. The SMILES string of the molecule is Cc1ccncc1-c1csc(-c2ccno2)n1. The molecule has 5 heteroatoms. The van der Waals surface area contributed by atoms with Crippen LogP contribution in [0.2, 0.25) is 0 Å². The molecule has 0 amide bonds. The second-order valence-corrected chi connectivity index (χ2v) is 4.46. The van der Waals surface area contributed by atoms with Crippen molar-refractivity contribution in [3.8, 4) is 22.0 Å². The number of aromatic nitrogens is 3. The van der Waals surface area contributed by atoms with E-state index in [1.165, 1.54) is 11.3 Å². The summed E-state index contributed by atoms with van der Waals surface area (Å²) in [5.74, 6) is 0.697. The van der Waals surface area contributed by atoms with E-state index in [1.807, 2.05) is 24.6 Å². The number of hydrogen-bond acceptors (Lipinski definition) is 5. The Labute approximate surface area is 102 Å². The molecule has 0 aliphatic rings. The Morgan fingerprint density at radius 1 is 1.24 bits per heavy atom. The zero-order chi connectivity index (χ0) is 11.7. The summed E-state index contributed by atoms with van der Waals surface area (Å²) in [7, 11) is 0. The molecule has 0 aliphatic carbocycles. The van der Waals surface area contributed by atoms with E-state index in [-0.39, 0.29) is 0 Å². The van der Waals surface area contributed by atoms with Crippen molar-refractivity contribution in [2.75, 3.05) is 0 Å². The van der Waals surface area contributed by atoms with Gasteiger partial charge >= 0.3 is 0 Å². The van der Waals surface area contributed by atoms with E-state index in [2.05, 4.69) is 15.1 Å². The number of rotatable bonds is 2. The van der Waals surface area contributed by atoms with Crippen LogP contribution in [0.3, 0.4) is 0 Å². The van der Waals surface area contributed by atoms with Gasteiger partial charge in [-0.15, -0.1) is 11.3 Å². The topological polar surface area (TPSA) is 51.8 Å². The van der Waals surface area contributed by atoms with Crippen LogP contribution in [-0.2, 0) is 0 Å². The number of aryl methyl sites for hydroxylation is 1. The zero-order valence-corrected chi connectivity index (χ0v) is 9.94. The van der Waals surface area contributed by atoms with Crippen molar-refractivity contribution < 1.29 is 4.52 Å². The largest absolute Gasteiger partial charge is 0.354 e. The summed E-state index contributed by atoms with van der Waals surface area (Å²) in [6.45, 7) is 2.05. The third kappa shape index (κ3) is 1.85. The maximum atomic E-state index is 5.08. The number of nitrogens with zero attached hydrogens (tertiary/aromatic N) is 3. The van der Waals surface area contributed by atoms with E-state index in [0.29, 0.717) is 5.76 Å². The minimum atomic E-state index is 0.697. The van der Waals surface area contributed by atoms with Crippen LogP contribution in [0.15, 0.2) is 40.6 Å². The van der Waals surface area contributed by atoms with Crippen LogP contribution in [0.4, 0.5) is 0 Å². The van der Waals surface area contributed by atoms with E-state index in [4.69, 9.17) is 4.52 Å². The quantitative estimate of drug-likeness (QED) is 0.693. The van der Waals surface area contributed by atoms with Crippen molar-refractivity contribution in [2.24, 2.45) is 0 Å². The molecule has 0 aliphatic heterocycles. The average Bonchev–Trinajstić information content (AvgIpc) is 3.00. The highest BCUT2D eigenvalue weighted by molar-refractivity contribution is 7.13. The van der Waals surface area contributed by atoms with E-state index in [1.54, 1.807) is 18.5 Å². The van der Waals surface area contributed by atoms with Gasteiger partial charge in [0, 0.05) is 29.4 Å². The fraction of sp³-hybridized carbons (Fsp3) is 0.0833. The molecular formula is C12H9N3OS. The van der Waals surface area contributed by atoms with Crippen molar-refractivity contribution in [3.63, 3.8) is 0 Å². The first-order valence-corrected chi connectivity index (χ1v) is 6.00. The molecule has 0 aromatic carbocycles. The molecule has 3 rings (SSSR count). The van der Waals surface area contributed by atoms with Crippen LogP contribution in [-0.4, -0.2) is 15.1 Å². The number of pyridine rings is 1. The second kappa shape index (κ2) is 4.10. The Bertz CT molecular complexity index is 631. The molecule has 0 saturated carbocycles. The first-order chi connectivity index (χ1) is 8.34. The monoisotopic (exact) mass is 243 g/mol. The molecule has 17 heavy (non-hydrogen) atoms. The van der Waals surface area contributed by atoms with Crippen molar-refractivity contribution in [3.05, 3.63) is 41.7 Å². The van der Waals surface area contributed by atoms with Crippen LogP contribution in [0.25, 0.3) is 22.0 Å². The minimum Gasteiger partial charge on any atom is -0.354 e. The molecular weight excluding hydrogens is 234 g/mol. The summed E-state index contributed by atoms with van der Waals surface area (Å²) in [5, 5.41) is 6.51. The normalized spacial score (nSPS) is 10.6. The first-order valence-electron chi connectivity index (χ1n) is 5.12. The smallest absolute Gasteiger partial charge is 0.195 e. The highest BCUT2D eigenvalue weighted by Crippen LogP contribution is 2.29. The van der Waals surface area contributed by atoms with Crippen LogP contribution in [0.1, 0.15) is 5.56 Å². The van der Waals surface area contributed by atoms with Gasteiger partial charge in [0.1, 0.15) is 0 Å². The molecule has 0 fully saturated rings. The summed E-state index contributed by atoms with van der Waals surface area (Å²) in [5.41, 5.74) is 3.14. The van der Waals surface area contributed by atoms with Gasteiger partial charge in [0.2, 0.25) is 0 Å². The molecule has 0 atom stereocenters. The summed E-state index contributed by atoms with van der Waals surface area (Å²) in [4.78, 5) is 8.65. The van der Waals surface area contributed by atoms with E-state index < -0.39 is 0 Å². The summed E-state index contributed by atoms with van der Waals surface area (Å²) >= 11 is 1.54. The molecule has 0 radical (unpaired) electrons. The van der Waals surface area contributed by atoms with Gasteiger partial charge in [-0.2, -0.15) is 0 Å². The average molecular weight is 243 g/mol. The predicted octanol–water partition coefficient (Wildman–Crippen LogP) is 3.17. The Morgan fingerprint density at radius 3 is 2.94 bits per heavy atom. The van der Waals surface area contributed by atoms with Gasteiger partial charge in [0.05, 0.1) is 11.9 Å². The zero-order valence-electron chi connectivity index (χ0n) is 9.12. The summed E-state index contributed by atoms with van der Waals surface area (Å²) in [6, 6.07) is 3.78. The molecule has 0 spiro atoms. The van der Waals surface area contributed by atoms with Gasteiger partial charge in [0.25, 0.3) is 0 Å². The summed E-state index contributed by atoms with van der Waals surface area (Å²) in [6.07, 6.45) is 5.23. The maximum absolute atomic E-state index is 5.08. The molecule has 4 nitrogen and oxygen atoms in total. The van der Waals surface area contributed by atoms with E-state index in [9.17, 15) is 0 Å². The van der Waals surface area contributed by atoms with E-state index >= 15 is 0 Å². The lowest BCUT2D eigenvalue weighted by Crippen LogP contribution is -1.84. The van der Waals surface area contributed by atoms with Gasteiger partial charge < -0.3 is 4.52 Å². The number of hydrogen-bond donors (Lipinski definition) is 0. The Morgan fingerprint density at radius 2 is 2.18 bits per heavy atom. The van der Waals surface area contributed by atoms with Crippen LogP contribution in [0.5, 0.6) is 0 Å². The van der Waals surface area contributed by atoms with Gasteiger partial charge in [0.15, 0.2) is 10.8 Å². The Kier molecular flexibility index (Phi) is 2.45. The third-order valence-electron chi connectivity index (χ3n) is 2.47. The highest BCUT2D eigenvalue weighted by atomic mass is 32.1. The van der Waals surface area contributed by atoms with Crippen LogP contribution >= 0.6 is 11.3 Å². The number of thiazole rings is 1. The molecule has 3 aromatic heterocycles. The molecule has 0 saturated heterocycles. The molecule has 84 valence electrons. The molecule has 3 aromatic rings. The molecule has 3 heterocycles. The first kappa shape index (κ1) is 10.2. The van der Waals surface area contributed by atoms with Crippen molar-refractivity contribution >= 4 is 11.3 Å². The van der Waals surface area contributed by atoms with Crippen molar-refractivity contribution in [1.82, 2.24) is 15.1 Å². The molecule has 0 N–H and O–H groups in total. The van der Waals surface area contributed by atoms with Crippen LogP contribution in [0, 0.1) is 6.92 Å². The van der Waals surface area contributed by atoms with E-state index in [0.717, 1.165) is 21.8 Å². The minimum absolute atomic E-state index is 0.697. The fourth-order valence-corrected chi connectivity index (χ4v) is 2.34. The Hall–Kier alpha value is -2.01.